The van der Waals surface area contributed by atoms with Crippen molar-refractivity contribution in [3.8, 4) is 0 Å². The van der Waals surface area contributed by atoms with Gasteiger partial charge in [0, 0.05) is 37.4 Å². The monoisotopic (exact) mass is 666 g/mol. The minimum atomic E-state index is -1.76. The van der Waals surface area contributed by atoms with Crippen LogP contribution in [0.15, 0.2) is 24.3 Å². The largest absolute Gasteiger partial charge is 0.479 e. The number of nitrogens with zero attached hydrogens (tertiary/aromatic N) is 3. The van der Waals surface area contributed by atoms with Crippen molar-refractivity contribution in [3.05, 3.63) is 24.3 Å². The molecule has 2 fully saturated rings. The molecule has 17 heteroatoms. The molecule has 4 N–H and O–H groups in total. The molecule has 3 aliphatic heterocycles. The quantitative estimate of drug-likeness (QED) is 0.232. The third-order valence-electron chi connectivity index (χ3n) is 7.05. The molecule has 0 saturated carbocycles. The number of rotatable bonds is 6. The maximum atomic E-state index is 12.2. The summed E-state index contributed by atoms with van der Waals surface area (Å²) in [6, 6.07) is 0. The van der Waals surface area contributed by atoms with E-state index in [1.807, 2.05) is 0 Å². The molecule has 3 heterocycles. The van der Waals surface area contributed by atoms with Gasteiger partial charge in [-0.3, -0.25) is 19.3 Å². The minimum absolute atomic E-state index is 0.0980. The number of hydrogen-bond donors (Lipinski definition) is 4. The molecule has 0 bridgehead atoms. The number of carboxylic acid groups (broad SMARTS) is 3. The van der Waals surface area contributed by atoms with Crippen molar-refractivity contribution < 1.29 is 63.1 Å². The fraction of sp³-hybridized carbons (Fsp3) is 0.600. The number of carbonyl (C=O) groups is 8. The maximum absolute atomic E-state index is 12.2. The van der Waals surface area contributed by atoms with E-state index in [0.717, 1.165) is 23.1 Å². The zero-order chi connectivity index (χ0) is 36.0. The molecule has 0 aliphatic carbocycles. The molecule has 17 nitrogen and oxygen atoms in total. The van der Waals surface area contributed by atoms with E-state index < -0.39 is 70.1 Å². The highest BCUT2D eigenvalue weighted by Crippen LogP contribution is 2.32. The van der Waals surface area contributed by atoms with Crippen LogP contribution in [0.1, 0.15) is 67.2 Å². The van der Waals surface area contributed by atoms with Gasteiger partial charge in [-0.2, -0.15) is 0 Å². The molecule has 2 atom stereocenters. The van der Waals surface area contributed by atoms with Crippen LogP contribution in [0.25, 0.3) is 0 Å². The summed E-state index contributed by atoms with van der Waals surface area (Å²) < 4.78 is 10.5. The van der Waals surface area contributed by atoms with Gasteiger partial charge in [0.2, 0.25) is 5.91 Å². The van der Waals surface area contributed by atoms with E-state index in [9.17, 15) is 48.6 Å². The second kappa shape index (κ2) is 14.6. The summed E-state index contributed by atoms with van der Waals surface area (Å²) in [7, 11) is 0. The number of likely N-dealkylation sites (tertiary alicyclic amines) is 2. The molecule has 0 aromatic heterocycles. The third kappa shape index (κ3) is 10.3. The molecule has 0 aromatic carbocycles. The van der Waals surface area contributed by atoms with E-state index in [2.05, 4.69) is 5.32 Å². The Morgan fingerprint density at radius 2 is 1.21 bits per heavy atom. The molecule has 0 spiro atoms. The van der Waals surface area contributed by atoms with Crippen LogP contribution >= 0.6 is 0 Å². The Morgan fingerprint density at radius 1 is 0.745 bits per heavy atom. The van der Waals surface area contributed by atoms with E-state index >= 15 is 0 Å². The predicted octanol–water partition coefficient (Wildman–Crippen LogP) is 1.36. The van der Waals surface area contributed by atoms with Gasteiger partial charge >= 0.3 is 30.1 Å². The number of aliphatic carboxylic acids is 3. The Balaban J connectivity index is 0.000000327. The number of hydrogen-bond acceptors (Lipinski definition) is 10. The maximum Gasteiger partial charge on any atom is 0.410 e. The predicted molar refractivity (Wildman–Crippen MR) is 161 cm³/mol. The number of piperidine rings is 2. The van der Waals surface area contributed by atoms with Crippen molar-refractivity contribution in [3.63, 3.8) is 0 Å². The zero-order valence-electron chi connectivity index (χ0n) is 27.2. The van der Waals surface area contributed by atoms with Crippen LogP contribution in [0.5, 0.6) is 0 Å². The van der Waals surface area contributed by atoms with E-state index in [1.165, 1.54) is 9.80 Å². The number of ether oxygens (including phenoxy) is 2. The summed E-state index contributed by atoms with van der Waals surface area (Å²) in [5, 5.41) is 30.0. The van der Waals surface area contributed by atoms with Gasteiger partial charge in [0.1, 0.15) is 11.2 Å². The average molecular weight is 667 g/mol. The van der Waals surface area contributed by atoms with E-state index in [4.69, 9.17) is 14.6 Å². The number of nitrogens with one attached hydrogen (secondary N) is 1. The summed E-state index contributed by atoms with van der Waals surface area (Å²) in [5.74, 6) is -6.14. The van der Waals surface area contributed by atoms with Crippen LogP contribution in [0, 0.1) is 0 Å². The summed E-state index contributed by atoms with van der Waals surface area (Å²) in [4.78, 5) is 97.1. The third-order valence-corrected chi connectivity index (χ3v) is 7.05. The van der Waals surface area contributed by atoms with Gasteiger partial charge in [0.15, 0.2) is 11.1 Å². The minimum Gasteiger partial charge on any atom is -0.479 e. The van der Waals surface area contributed by atoms with Crippen LogP contribution in [0.3, 0.4) is 0 Å². The fourth-order valence-electron chi connectivity index (χ4n) is 5.09. The molecule has 0 radical (unpaired) electrons. The Morgan fingerprint density at radius 3 is 1.64 bits per heavy atom. The Hall–Kier alpha value is -4.96. The van der Waals surface area contributed by atoms with Gasteiger partial charge in [-0.1, -0.05) is 0 Å². The van der Waals surface area contributed by atoms with Crippen LogP contribution in [0.2, 0.25) is 0 Å². The lowest BCUT2D eigenvalue weighted by Crippen LogP contribution is -2.65. The highest BCUT2D eigenvalue weighted by atomic mass is 16.6. The van der Waals surface area contributed by atoms with Crippen LogP contribution in [-0.4, -0.2) is 126 Å². The molecule has 5 amide bonds. The highest BCUT2D eigenvalue weighted by molar-refractivity contribution is 6.15. The van der Waals surface area contributed by atoms with Crippen LogP contribution < -0.4 is 5.32 Å². The SMILES string of the molecule is CC(C)(C)OC(=O)N1CCCC(C(=O)O)(N2C(=O)C=CC2=O)C1.CC(C)(C)OC(=O)N1CCCC(NC(=O)/C=C\C(=O)O)(C(=O)O)C1. The second-order valence-electron chi connectivity index (χ2n) is 13.2. The molecule has 0 aromatic rings. The lowest BCUT2D eigenvalue weighted by Gasteiger charge is -2.44. The van der Waals surface area contributed by atoms with Gasteiger partial charge in [-0.05, 0) is 67.2 Å². The molecule has 47 heavy (non-hydrogen) atoms. The van der Waals surface area contributed by atoms with Gasteiger partial charge in [0.05, 0.1) is 13.1 Å². The van der Waals surface area contributed by atoms with Crippen molar-refractivity contribution in [2.45, 2.75) is 89.5 Å². The van der Waals surface area contributed by atoms with E-state index in [0.29, 0.717) is 32.0 Å². The van der Waals surface area contributed by atoms with Crippen LogP contribution in [0.4, 0.5) is 9.59 Å². The number of amides is 5. The zero-order valence-corrected chi connectivity index (χ0v) is 27.2. The highest BCUT2D eigenvalue weighted by Gasteiger charge is 2.54. The fourth-order valence-corrected chi connectivity index (χ4v) is 5.09. The van der Waals surface area contributed by atoms with Crippen LogP contribution in [-0.2, 0) is 38.2 Å². The van der Waals surface area contributed by atoms with Gasteiger partial charge in [-0.15, -0.1) is 0 Å². The Bertz CT molecular complexity index is 1340. The second-order valence-corrected chi connectivity index (χ2v) is 13.2. The standard InChI is InChI=1S/C15H22N2O7.C15H20N2O6/c1-14(2,3)24-13(23)17-8-4-7-15(9-17,12(21)22)16-10(18)5-6-11(19)20;1-14(2,3)23-13(22)16-8-4-7-15(9-16,12(20)21)17-10(18)5-6-11(17)19/h5-6H,4,7-9H2,1-3H3,(H,16,18)(H,19,20)(H,21,22);5-6H,4,7-9H2,1-3H3,(H,20,21)/b6-5-;. The molecular formula is C30H42N4O13. The van der Waals surface area contributed by atoms with Crippen molar-refractivity contribution in [2.75, 3.05) is 26.2 Å². The van der Waals surface area contributed by atoms with Gasteiger partial charge in [0.25, 0.3) is 11.8 Å². The lowest BCUT2D eigenvalue weighted by atomic mass is 9.87. The first kappa shape index (κ1) is 38.2. The first-order valence-corrected chi connectivity index (χ1v) is 14.7. The van der Waals surface area contributed by atoms with Gasteiger partial charge < -0.3 is 39.9 Å². The van der Waals surface area contributed by atoms with Crippen molar-refractivity contribution in [1.29, 1.82) is 0 Å². The topological polar surface area (TPSA) is 237 Å². The number of carboxylic acids is 3. The Labute approximate surface area is 271 Å². The molecule has 3 aliphatic rings. The summed E-state index contributed by atoms with van der Waals surface area (Å²) >= 11 is 0. The summed E-state index contributed by atoms with van der Waals surface area (Å²) in [6.07, 6.45) is 3.03. The average Bonchev–Trinajstić information content (AvgIpc) is 3.28. The number of imide groups is 1. The summed E-state index contributed by atoms with van der Waals surface area (Å²) in [5.41, 5.74) is -4.89. The van der Waals surface area contributed by atoms with Gasteiger partial charge in [-0.25, -0.2) is 24.0 Å². The first-order valence-electron chi connectivity index (χ1n) is 14.7. The number of carbonyl (C=O) groups excluding carboxylic acids is 5. The molecule has 3 rings (SSSR count). The lowest BCUT2D eigenvalue weighted by molar-refractivity contribution is -0.165. The van der Waals surface area contributed by atoms with E-state index in [1.54, 1.807) is 41.5 Å². The molecule has 2 saturated heterocycles. The van der Waals surface area contributed by atoms with Crippen molar-refractivity contribution in [1.82, 2.24) is 20.0 Å². The molecule has 260 valence electrons. The molecule has 2 unspecified atom stereocenters. The van der Waals surface area contributed by atoms with Crippen molar-refractivity contribution >= 4 is 47.8 Å². The summed E-state index contributed by atoms with van der Waals surface area (Å²) in [6.45, 7) is 10.3. The smallest absolute Gasteiger partial charge is 0.410 e. The normalized spacial score (nSPS) is 23.1. The van der Waals surface area contributed by atoms with Crippen molar-refractivity contribution in [2.24, 2.45) is 0 Å². The Kier molecular flexibility index (Phi) is 11.9. The molecular weight excluding hydrogens is 624 g/mol. The first-order chi connectivity index (χ1) is 21.5. The van der Waals surface area contributed by atoms with E-state index in [-0.39, 0.29) is 25.9 Å².